The van der Waals surface area contributed by atoms with E-state index in [2.05, 4.69) is 10.3 Å². The molecule has 0 bridgehead atoms. The molecule has 106 valence electrons. The smallest absolute Gasteiger partial charge is 0.263 e. The maximum atomic E-state index is 11.9. The maximum Gasteiger partial charge on any atom is 0.263 e. The summed E-state index contributed by atoms with van der Waals surface area (Å²) >= 11 is 1.39. The Labute approximate surface area is 117 Å². The standard InChI is InChI=1S/C13H20N2O3S/c1-2-9(16)5-6-14-12(17)11-8-15-13(19-11)10-4-3-7-18-10/h8-10,16H,2-7H2,1H3,(H,14,17). The van der Waals surface area contributed by atoms with E-state index < -0.39 is 0 Å². The van der Waals surface area contributed by atoms with E-state index >= 15 is 0 Å². The zero-order valence-corrected chi connectivity index (χ0v) is 11.9. The summed E-state index contributed by atoms with van der Waals surface area (Å²) in [6.07, 6.45) is 4.66. The van der Waals surface area contributed by atoms with Crippen molar-refractivity contribution in [1.29, 1.82) is 0 Å². The van der Waals surface area contributed by atoms with Crippen molar-refractivity contribution in [3.63, 3.8) is 0 Å². The lowest BCUT2D eigenvalue weighted by molar-refractivity contribution is 0.0946. The van der Waals surface area contributed by atoms with Crippen LogP contribution in [-0.4, -0.2) is 35.3 Å². The Morgan fingerprint density at radius 3 is 3.26 bits per heavy atom. The third-order valence-electron chi connectivity index (χ3n) is 3.19. The van der Waals surface area contributed by atoms with Crippen LogP contribution < -0.4 is 5.32 Å². The molecule has 5 nitrogen and oxygen atoms in total. The number of carbonyl (C=O) groups excluding carboxylic acids is 1. The van der Waals surface area contributed by atoms with Gasteiger partial charge in [0.25, 0.3) is 5.91 Å². The van der Waals surface area contributed by atoms with Gasteiger partial charge in [0.1, 0.15) is 16.0 Å². The summed E-state index contributed by atoms with van der Waals surface area (Å²) < 4.78 is 5.54. The third kappa shape index (κ3) is 3.99. The van der Waals surface area contributed by atoms with Gasteiger partial charge in [-0.3, -0.25) is 4.79 Å². The summed E-state index contributed by atoms with van der Waals surface area (Å²) in [5, 5.41) is 13.1. The second-order valence-corrected chi connectivity index (χ2v) is 5.73. The Morgan fingerprint density at radius 2 is 2.58 bits per heavy atom. The molecule has 2 atom stereocenters. The van der Waals surface area contributed by atoms with Gasteiger partial charge in [0, 0.05) is 13.2 Å². The quantitative estimate of drug-likeness (QED) is 0.836. The van der Waals surface area contributed by atoms with Crippen molar-refractivity contribution in [1.82, 2.24) is 10.3 Å². The number of hydrogen-bond acceptors (Lipinski definition) is 5. The third-order valence-corrected chi connectivity index (χ3v) is 4.28. The molecule has 0 aliphatic carbocycles. The molecule has 1 fully saturated rings. The number of nitrogens with zero attached hydrogens (tertiary/aromatic N) is 1. The molecule has 0 radical (unpaired) electrons. The minimum absolute atomic E-state index is 0.0634. The molecule has 2 N–H and O–H groups in total. The van der Waals surface area contributed by atoms with Crippen LogP contribution in [0.25, 0.3) is 0 Å². The van der Waals surface area contributed by atoms with Gasteiger partial charge in [-0.25, -0.2) is 4.98 Å². The highest BCUT2D eigenvalue weighted by molar-refractivity contribution is 7.13. The molecular formula is C13H20N2O3S. The minimum atomic E-state index is -0.343. The average Bonchev–Trinajstić information content (AvgIpc) is 3.08. The maximum absolute atomic E-state index is 11.9. The zero-order chi connectivity index (χ0) is 13.7. The van der Waals surface area contributed by atoms with Crippen LogP contribution in [0.15, 0.2) is 6.20 Å². The summed E-state index contributed by atoms with van der Waals surface area (Å²) in [6, 6.07) is 0. The number of amides is 1. The van der Waals surface area contributed by atoms with Crippen molar-refractivity contribution in [2.75, 3.05) is 13.2 Å². The van der Waals surface area contributed by atoms with Crippen molar-refractivity contribution in [2.24, 2.45) is 0 Å². The lowest BCUT2D eigenvalue weighted by atomic mass is 10.2. The van der Waals surface area contributed by atoms with Gasteiger partial charge in [0.05, 0.1) is 12.3 Å². The number of nitrogens with one attached hydrogen (secondary N) is 1. The zero-order valence-electron chi connectivity index (χ0n) is 11.1. The fourth-order valence-corrected chi connectivity index (χ4v) is 2.88. The molecule has 2 unspecified atom stereocenters. The van der Waals surface area contributed by atoms with Crippen LogP contribution >= 0.6 is 11.3 Å². The van der Waals surface area contributed by atoms with Gasteiger partial charge < -0.3 is 15.2 Å². The molecule has 6 heteroatoms. The first-order valence-electron chi connectivity index (χ1n) is 6.74. The summed E-state index contributed by atoms with van der Waals surface area (Å²) in [5.74, 6) is -0.120. The van der Waals surface area contributed by atoms with Crippen LogP contribution in [0.4, 0.5) is 0 Å². The van der Waals surface area contributed by atoms with E-state index in [0.717, 1.165) is 24.5 Å². The molecule has 1 amide bonds. The summed E-state index contributed by atoms with van der Waals surface area (Å²) in [4.78, 5) is 16.7. The van der Waals surface area contributed by atoms with Gasteiger partial charge in [-0.2, -0.15) is 0 Å². The van der Waals surface area contributed by atoms with Crippen molar-refractivity contribution in [2.45, 2.75) is 44.8 Å². The molecule has 2 heterocycles. The number of hydrogen-bond donors (Lipinski definition) is 2. The van der Waals surface area contributed by atoms with Crippen LogP contribution in [0.1, 0.15) is 53.4 Å². The van der Waals surface area contributed by atoms with E-state index in [-0.39, 0.29) is 18.1 Å². The van der Waals surface area contributed by atoms with E-state index in [1.54, 1.807) is 6.20 Å². The van der Waals surface area contributed by atoms with Crippen LogP contribution in [-0.2, 0) is 4.74 Å². The number of rotatable bonds is 6. The second-order valence-electron chi connectivity index (χ2n) is 4.67. The largest absolute Gasteiger partial charge is 0.393 e. The van der Waals surface area contributed by atoms with Gasteiger partial charge in [-0.05, 0) is 25.7 Å². The molecule has 0 aromatic carbocycles. The molecule has 2 rings (SSSR count). The number of thiazole rings is 1. The summed E-state index contributed by atoms with van der Waals surface area (Å²) in [7, 11) is 0. The van der Waals surface area contributed by atoms with Crippen LogP contribution in [0.5, 0.6) is 0 Å². The van der Waals surface area contributed by atoms with E-state index in [4.69, 9.17) is 4.74 Å². The number of aliphatic hydroxyl groups excluding tert-OH is 1. The van der Waals surface area contributed by atoms with E-state index in [0.29, 0.717) is 24.3 Å². The lowest BCUT2D eigenvalue weighted by Crippen LogP contribution is -2.26. The number of ether oxygens (including phenoxy) is 1. The Morgan fingerprint density at radius 1 is 1.74 bits per heavy atom. The minimum Gasteiger partial charge on any atom is -0.393 e. The first-order valence-corrected chi connectivity index (χ1v) is 7.56. The first kappa shape index (κ1) is 14.4. The van der Waals surface area contributed by atoms with Crippen LogP contribution in [0, 0.1) is 0 Å². The first-order chi connectivity index (χ1) is 9.20. The molecule has 1 aromatic rings. The Balaban J connectivity index is 1.82. The SMILES string of the molecule is CCC(O)CCNC(=O)c1cnc(C2CCCO2)s1. The molecule has 1 aliphatic heterocycles. The lowest BCUT2D eigenvalue weighted by Gasteiger charge is -2.07. The average molecular weight is 284 g/mol. The molecule has 0 saturated carbocycles. The fraction of sp³-hybridized carbons (Fsp3) is 0.692. The van der Waals surface area contributed by atoms with Crippen LogP contribution in [0.3, 0.4) is 0 Å². The van der Waals surface area contributed by atoms with E-state index in [1.807, 2.05) is 6.92 Å². The van der Waals surface area contributed by atoms with Crippen molar-refractivity contribution in [3.8, 4) is 0 Å². The molecule has 19 heavy (non-hydrogen) atoms. The normalized spacial score (nSPS) is 20.4. The summed E-state index contributed by atoms with van der Waals surface area (Å²) in [6.45, 7) is 3.19. The molecule has 1 aromatic heterocycles. The van der Waals surface area contributed by atoms with Crippen molar-refractivity contribution in [3.05, 3.63) is 16.1 Å². The van der Waals surface area contributed by atoms with Gasteiger partial charge in [0.15, 0.2) is 0 Å². The fourth-order valence-electron chi connectivity index (χ4n) is 1.96. The van der Waals surface area contributed by atoms with E-state index in [1.165, 1.54) is 11.3 Å². The van der Waals surface area contributed by atoms with Crippen molar-refractivity contribution >= 4 is 17.2 Å². The van der Waals surface area contributed by atoms with Gasteiger partial charge in [-0.1, -0.05) is 6.92 Å². The number of carbonyl (C=O) groups is 1. The predicted octanol–water partition coefficient (Wildman–Crippen LogP) is 1.89. The number of aliphatic hydroxyl groups is 1. The summed E-state index contributed by atoms with van der Waals surface area (Å²) in [5.41, 5.74) is 0. The molecule has 1 saturated heterocycles. The Hall–Kier alpha value is -0.980. The van der Waals surface area contributed by atoms with Crippen molar-refractivity contribution < 1.29 is 14.6 Å². The Bertz CT molecular complexity index is 416. The monoisotopic (exact) mass is 284 g/mol. The van der Waals surface area contributed by atoms with Crippen LogP contribution in [0.2, 0.25) is 0 Å². The van der Waals surface area contributed by atoms with E-state index in [9.17, 15) is 9.90 Å². The van der Waals surface area contributed by atoms with Gasteiger partial charge in [0.2, 0.25) is 0 Å². The molecule has 1 aliphatic rings. The molecule has 0 spiro atoms. The highest BCUT2D eigenvalue weighted by atomic mass is 32.1. The van der Waals surface area contributed by atoms with Gasteiger partial charge in [-0.15, -0.1) is 11.3 Å². The predicted molar refractivity (Wildman–Crippen MR) is 73.3 cm³/mol. The molecular weight excluding hydrogens is 264 g/mol. The second kappa shape index (κ2) is 6.98. The van der Waals surface area contributed by atoms with Gasteiger partial charge >= 0.3 is 0 Å². The highest BCUT2D eigenvalue weighted by Gasteiger charge is 2.22. The number of aromatic nitrogens is 1. The Kier molecular flexibility index (Phi) is 5.30. The highest BCUT2D eigenvalue weighted by Crippen LogP contribution is 2.31. The topological polar surface area (TPSA) is 71.5 Å².